The first-order valence-corrected chi connectivity index (χ1v) is 10.9. The van der Waals surface area contributed by atoms with Gasteiger partial charge in [0.2, 0.25) is 0 Å². The number of aromatic nitrogens is 2. The van der Waals surface area contributed by atoms with E-state index in [1.165, 1.54) is 12.1 Å². The number of carbonyl (C=O) groups is 2. The summed E-state index contributed by atoms with van der Waals surface area (Å²) in [6, 6.07) is 9.42. The van der Waals surface area contributed by atoms with Crippen molar-refractivity contribution < 1.29 is 14.0 Å². The molecule has 162 valence electrons. The van der Waals surface area contributed by atoms with Gasteiger partial charge in [-0.1, -0.05) is 12.8 Å². The molecule has 2 amide bonds. The van der Waals surface area contributed by atoms with E-state index in [1.54, 1.807) is 24.5 Å². The maximum absolute atomic E-state index is 13.0. The lowest BCUT2D eigenvalue weighted by Gasteiger charge is -2.32. The second-order valence-electron chi connectivity index (χ2n) is 8.14. The van der Waals surface area contributed by atoms with E-state index in [4.69, 9.17) is 0 Å². The number of pyridine rings is 1. The number of nitrogens with one attached hydrogen (secondary N) is 2. The second kappa shape index (κ2) is 9.73. The van der Waals surface area contributed by atoms with Gasteiger partial charge >= 0.3 is 0 Å². The minimum absolute atomic E-state index is 0.0195. The normalized spacial score (nSPS) is 14.7. The fraction of sp³-hybridized carbons (Fsp3) is 0.375. The number of carbonyl (C=O) groups excluding carboxylic acids is 2. The van der Waals surface area contributed by atoms with Gasteiger partial charge in [-0.2, -0.15) is 0 Å². The van der Waals surface area contributed by atoms with Crippen molar-refractivity contribution in [3.8, 4) is 0 Å². The summed E-state index contributed by atoms with van der Waals surface area (Å²) >= 11 is 0. The Morgan fingerprint density at radius 3 is 2.65 bits per heavy atom. The van der Waals surface area contributed by atoms with Crippen molar-refractivity contribution in [3.05, 3.63) is 65.9 Å². The van der Waals surface area contributed by atoms with Crippen LogP contribution in [-0.2, 0) is 0 Å². The van der Waals surface area contributed by atoms with Crippen LogP contribution in [0.25, 0.3) is 10.9 Å². The number of unbranched alkanes of at least 4 members (excludes halogenated alkanes) is 1. The maximum atomic E-state index is 13.0. The molecule has 0 atom stereocenters. The molecule has 0 unspecified atom stereocenters. The lowest BCUT2D eigenvalue weighted by Crippen LogP contribution is -2.38. The molecular formula is C24H27FN4O2. The van der Waals surface area contributed by atoms with Crippen molar-refractivity contribution >= 4 is 22.7 Å². The number of benzene rings is 1. The third-order valence-corrected chi connectivity index (χ3v) is 5.98. The number of piperidine rings is 1. The van der Waals surface area contributed by atoms with Crippen LogP contribution in [0.5, 0.6) is 0 Å². The molecule has 1 aliphatic heterocycles. The van der Waals surface area contributed by atoms with Gasteiger partial charge in [0.15, 0.2) is 0 Å². The van der Waals surface area contributed by atoms with Crippen molar-refractivity contribution in [3.63, 3.8) is 0 Å². The van der Waals surface area contributed by atoms with E-state index in [1.807, 2.05) is 17.0 Å². The molecule has 0 radical (unpaired) electrons. The molecule has 0 bridgehead atoms. The first kappa shape index (κ1) is 21.0. The molecule has 4 rings (SSSR count). The van der Waals surface area contributed by atoms with E-state index in [2.05, 4.69) is 15.3 Å². The highest BCUT2D eigenvalue weighted by Gasteiger charge is 2.23. The van der Waals surface area contributed by atoms with E-state index >= 15 is 0 Å². The standard InChI is InChI=1S/C24H27FN4O2/c25-20-6-4-18(5-7-20)24(31)29-13-9-17(10-14-29)3-1-2-11-27-23(30)22-15-19-16-26-12-8-21(19)28-22/h4-8,12,15-17,28H,1-3,9-11,13-14H2,(H,27,30). The molecule has 2 N–H and O–H groups in total. The molecule has 7 heteroatoms. The van der Waals surface area contributed by atoms with Gasteiger partial charge in [-0.3, -0.25) is 14.6 Å². The number of amides is 2. The van der Waals surface area contributed by atoms with Crippen LogP contribution in [0.4, 0.5) is 4.39 Å². The number of likely N-dealkylation sites (tertiary alicyclic amines) is 1. The monoisotopic (exact) mass is 422 g/mol. The number of aromatic amines is 1. The number of nitrogens with zero attached hydrogens (tertiary/aromatic N) is 2. The quantitative estimate of drug-likeness (QED) is 0.562. The lowest BCUT2D eigenvalue weighted by atomic mass is 9.91. The Balaban J connectivity index is 1.13. The summed E-state index contributed by atoms with van der Waals surface area (Å²) in [5, 5.41) is 3.90. The second-order valence-corrected chi connectivity index (χ2v) is 8.14. The summed E-state index contributed by atoms with van der Waals surface area (Å²) in [5.41, 5.74) is 2.01. The van der Waals surface area contributed by atoms with Gasteiger partial charge in [0.05, 0.1) is 0 Å². The minimum atomic E-state index is -0.329. The molecular weight excluding hydrogens is 395 g/mol. The molecule has 6 nitrogen and oxygen atoms in total. The fourth-order valence-corrected chi connectivity index (χ4v) is 4.15. The van der Waals surface area contributed by atoms with Crippen LogP contribution in [0.15, 0.2) is 48.8 Å². The van der Waals surface area contributed by atoms with Crippen molar-refractivity contribution in [1.29, 1.82) is 0 Å². The van der Waals surface area contributed by atoms with E-state index in [9.17, 15) is 14.0 Å². The number of fused-ring (bicyclic) bond motifs is 1. The average Bonchev–Trinajstić information content (AvgIpc) is 3.24. The molecule has 3 aromatic rings. The Morgan fingerprint density at radius 2 is 1.90 bits per heavy atom. The highest BCUT2D eigenvalue weighted by atomic mass is 19.1. The third-order valence-electron chi connectivity index (χ3n) is 5.98. The predicted octanol–water partition coefficient (Wildman–Crippen LogP) is 4.15. The molecule has 1 aromatic carbocycles. The Kier molecular flexibility index (Phi) is 6.60. The fourth-order valence-electron chi connectivity index (χ4n) is 4.15. The Hall–Kier alpha value is -3.22. The van der Waals surface area contributed by atoms with Gasteiger partial charge in [0.25, 0.3) is 11.8 Å². The molecule has 1 fully saturated rings. The molecule has 0 spiro atoms. The van der Waals surface area contributed by atoms with Crippen molar-refractivity contribution in [2.24, 2.45) is 5.92 Å². The topological polar surface area (TPSA) is 78.1 Å². The number of rotatable bonds is 7. The number of H-pyrrole nitrogens is 1. The number of hydrogen-bond donors (Lipinski definition) is 2. The summed E-state index contributed by atoms with van der Waals surface area (Å²) in [4.78, 5) is 33.8. The Morgan fingerprint density at radius 1 is 1.13 bits per heavy atom. The van der Waals surface area contributed by atoms with Gasteiger partial charge < -0.3 is 15.2 Å². The van der Waals surface area contributed by atoms with Crippen LogP contribution < -0.4 is 5.32 Å². The van der Waals surface area contributed by atoms with Gasteiger partial charge in [0, 0.05) is 48.5 Å². The number of halogens is 1. The van der Waals surface area contributed by atoms with E-state index in [-0.39, 0.29) is 17.6 Å². The summed E-state index contributed by atoms with van der Waals surface area (Å²) < 4.78 is 13.0. The van der Waals surface area contributed by atoms with Crippen LogP contribution in [0.3, 0.4) is 0 Å². The lowest BCUT2D eigenvalue weighted by molar-refractivity contribution is 0.0685. The third kappa shape index (κ3) is 5.29. The van der Waals surface area contributed by atoms with Gasteiger partial charge in [0.1, 0.15) is 11.5 Å². The summed E-state index contributed by atoms with van der Waals surface area (Å²) in [6.07, 6.45) is 8.50. The molecule has 3 heterocycles. The Labute approximate surface area is 180 Å². The van der Waals surface area contributed by atoms with Crippen molar-refractivity contribution in [1.82, 2.24) is 20.2 Å². The zero-order valence-electron chi connectivity index (χ0n) is 17.4. The first-order valence-electron chi connectivity index (χ1n) is 10.9. The van der Waals surface area contributed by atoms with Crippen LogP contribution in [0.1, 0.15) is 53.0 Å². The average molecular weight is 423 g/mol. The largest absolute Gasteiger partial charge is 0.351 e. The molecule has 31 heavy (non-hydrogen) atoms. The van der Waals surface area contributed by atoms with Gasteiger partial charge in [-0.25, -0.2) is 4.39 Å². The van der Waals surface area contributed by atoms with E-state index in [0.29, 0.717) is 23.7 Å². The molecule has 2 aromatic heterocycles. The van der Waals surface area contributed by atoms with Crippen molar-refractivity contribution in [2.45, 2.75) is 32.1 Å². The summed E-state index contributed by atoms with van der Waals surface area (Å²) in [5.74, 6) is 0.164. The van der Waals surface area contributed by atoms with Crippen LogP contribution in [-0.4, -0.2) is 46.3 Å². The number of hydrogen-bond acceptors (Lipinski definition) is 3. The minimum Gasteiger partial charge on any atom is -0.351 e. The van der Waals surface area contributed by atoms with E-state index in [0.717, 1.165) is 56.1 Å². The van der Waals surface area contributed by atoms with E-state index < -0.39 is 0 Å². The van der Waals surface area contributed by atoms with Crippen LogP contribution in [0.2, 0.25) is 0 Å². The van der Waals surface area contributed by atoms with Crippen LogP contribution in [0, 0.1) is 11.7 Å². The van der Waals surface area contributed by atoms with Gasteiger partial charge in [-0.05, 0) is 61.6 Å². The molecule has 0 saturated carbocycles. The zero-order chi connectivity index (χ0) is 21.6. The smallest absolute Gasteiger partial charge is 0.267 e. The van der Waals surface area contributed by atoms with Crippen LogP contribution >= 0.6 is 0 Å². The molecule has 0 aliphatic carbocycles. The molecule has 1 aliphatic rings. The highest BCUT2D eigenvalue weighted by molar-refractivity contribution is 5.97. The van der Waals surface area contributed by atoms with Gasteiger partial charge in [-0.15, -0.1) is 0 Å². The van der Waals surface area contributed by atoms with Crippen molar-refractivity contribution in [2.75, 3.05) is 19.6 Å². The zero-order valence-corrected chi connectivity index (χ0v) is 17.4. The maximum Gasteiger partial charge on any atom is 0.267 e. The molecule has 1 saturated heterocycles. The predicted molar refractivity (Wildman–Crippen MR) is 117 cm³/mol. The highest BCUT2D eigenvalue weighted by Crippen LogP contribution is 2.23. The Bertz CT molecular complexity index is 1010. The first-order chi connectivity index (χ1) is 15.1. The summed E-state index contributed by atoms with van der Waals surface area (Å²) in [7, 11) is 0. The summed E-state index contributed by atoms with van der Waals surface area (Å²) in [6.45, 7) is 2.13. The SMILES string of the molecule is O=C(NCCCCC1CCN(C(=O)c2ccc(F)cc2)CC1)c1cc2cnccc2[nH]1.